The summed E-state index contributed by atoms with van der Waals surface area (Å²) in [4.78, 5) is 25.0. The largest absolute Gasteiger partial charge is 0.483 e. The third kappa shape index (κ3) is 5.24. The number of aryl methyl sites for hydroxylation is 1. The van der Waals surface area contributed by atoms with Crippen LogP contribution in [0.25, 0.3) is 11.0 Å². The minimum absolute atomic E-state index is 0.0319. The fraction of sp³-hybridized carbons (Fsp3) is 0.667. The van der Waals surface area contributed by atoms with Crippen molar-refractivity contribution in [2.24, 2.45) is 5.92 Å². The second-order valence-electron chi connectivity index (χ2n) is 11.7. The first-order chi connectivity index (χ1) is 20.3. The summed E-state index contributed by atoms with van der Waals surface area (Å²) >= 11 is 0. The molecule has 12 nitrogen and oxygen atoms in total. The lowest BCUT2D eigenvalue weighted by atomic mass is 9.80. The molecule has 1 saturated carbocycles. The Labute approximate surface area is 242 Å². The summed E-state index contributed by atoms with van der Waals surface area (Å²) in [6.07, 6.45) is -0.573. The number of carbonyl (C=O) groups is 2. The highest BCUT2D eigenvalue weighted by atomic mass is 16.7. The maximum Gasteiger partial charge on any atom is 0.309 e. The van der Waals surface area contributed by atoms with Crippen molar-refractivity contribution in [2.45, 2.75) is 101 Å². The molecule has 0 unspecified atom stereocenters. The first-order valence-electron chi connectivity index (χ1n) is 15.0. The van der Waals surface area contributed by atoms with Gasteiger partial charge in [0.1, 0.15) is 24.4 Å². The minimum atomic E-state index is -1.64. The van der Waals surface area contributed by atoms with Crippen LogP contribution in [0.1, 0.15) is 68.1 Å². The number of fused-ring (bicyclic) bond motifs is 3. The average molecular weight is 590 g/mol. The molecule has 6 rings (SSSR count). The van der Waals surface area contributed by atoms with Crippen molar-refractivity contribution < 1.29 is 53.4 Å². The molecule has 42 heavy (non-hydrogen) atoms. The Morgan fingerprint density at radius 3 is 2.50 bits per heavy atom. The number of esters is 1. The SMILES string of the molecule is CCOC(=O)[C@@H]1CCc2c(c(O[C@@H]3O[C@H](CO)[C@@H](O)[C@H](O)[C@H]3O)c(OC3CCCC3)c3occ([C@@H]4CNC(=O)C4)c23)C1. The molecule has 4 aliphatic rings. The highest BCUT2D eigenvalue weighted by Crippen LogP contribution is 2.51. The summed E-state index contributed by atoms with van der Waals surface area (Å²) in [6, 6.07) is 0. The lowest BCUT2D eigenvalue weighted by Crippen LogP contribution is -2.60. The molecular formula is C30H39NO11. The smallest absolute Gasteiger partial charge is 0.309 e. The molecular weight excluding hydrogens is 550 g/mol. The van der Waals surface area contributed by atoms with E-state index in [1.807, 2.05) is 0 Å². The van der Waals surface area contributed by atoms with E-state index in [2.05, 4.69) is 5.32 Å². The standard InChI is InChI=1S/C30H39NO11/c1-2-38-29(37)14-7-8-17-18(9-14)26(42-30-25(36)24(35)23(34)20(12-32)41-30)28(40-16-5-3-4-6-16)27-22(17)19(13-39-27)15-10-21(33)31-11-15/h13-16,20,23-25,30,32,34-36H,2-12H2,1H3,(H,31,33)/t14-,15+,20-,23-,24+,25-,30+/m1/s1. The second-order valence-corrected chi connectivity index (χ2v) is 11.7. The van der Waals surface area contributed by atoms with Gasteiger partial charge in [-0.25, -0.2) is 0 Å². The average Bonchev–Trinajstić information content (AvgIpc) is 3.76. The van der Waals surface area contributed by atoms with E-state index in [0.717, 1.165) is 42.2 Å². The van der Waals surface area contributed by atoms with E-state index in [0.29, 0.717) is 42.7 Å². The van der Waals surface area contributed by atoms with E-state index < -0.39 is 43.2 Å². The van der Waals surface area contributed by atoms with Crippen molar-refractivity contribution >= 4 is 22.8 Å². The van der Waals surface area contributed by atoms with E-state index in [4.69, 9.17) is 23.4 Å². The summed E-state index contributed by atoms with van der Waals surface area (Å²) < 4.78 is 30.2. The quantitative estimate of drug-likeness (QED) is 0.280. The van der Waals surface area contributed by atoms with Crippen LogP contribution < -0.4 is 14.8 Å². The number of nitrogens with one attached hydrogen (secondary N) is 1. The topological polar surface area (TPSA) is 177 Å². The molecule has 2 aliphatic carbocycles. The van der Waals surface area contributed by atoms with Crippen LogP contribution in [0.15, 0.2) is 10.7 Å². The fourth-order valence-electron chi connectivity index (χ4n) is 6.81. The lowest BCUT2D eigenvalue weighted by Gasteiger charge is -2.40. The molecule has 2 aromatic rings. The van der Waals surface area contributed by atoms with E-state index in [1.165, 1.54) is 0 Å². The van der Waals surface area contributed by atoms with Gasteiger partial charge in [-0.1, -0.05) is 0 Å². The number of furan rings is 1. The number of benzene rings is 1. The Morgan fingerprint density at radius 1 is 1.02 bits per heavy atom. The molecule has 230 valence electrons. The van der Waals surface area contributed by atoms with Crippen LogP contribution in [0.4, 0.5) is 0 Å². The van der Waals surface area contributed by atoms with Crippen LogP contribution in [-0.2, 0) is 31.9 Å². The molecule has 3 fully saturated rings. The van der Waals surface area contributed by atoms with Gasteiger partial charge in [-0.15, -0.1) is 0 Å². The molecule has 0 bridgehead atoms. The Morgan fingerprint density at radius 2 is 1.81 bits per heavy atom. The molecule has 2 aliphatic heterocycles. The van der Waals surface area contributed by atoms with Crippen LogP contribution in [0, 0.1) is 5.92 Å². The third-order valence-electron chi connectivity index (χ3n) is 9.07. The van der Waals surface area contributed by atoms with E-state index in [-0.39, 0.29) is 42.7 Å². The minimum Gasteiger partial charge on any atom is -0.483 e. The maximum absolute atomic E-state index is 12.9. The van der Waals surface area contributed by atoms with E-state index >= 15 is 0 Å². The fourth-order valence-corrected chi connectivity index (χ4v) is 6.81. The predicted molar refractivity (Wildman–Crippen MR) is 146 cm³/mol. The molecule has 1 aromatic carbocycles. The number of hydrogen-bond donors (Lipinski definition) is 5. The third-order valence-corrected chi connectivity index (χ3v) is 9.07. The summed E-state index contributed by atoms with van der Waals surface area (Å²) in [6.45, 7) is 1.89. The van der Waals surface area contributed by atoms with Crippen molar-refractivity contribution in [1.29, 1.82) is 0 Å². The molecule has 3 heterocycles. The predicted octanol–water partition coefficient (Wildman–Crippen LogP) is 1.20. The molecule has 1 aromatic heterocycles. The number of rotatable bonds is 8. The summed E-state index contributed by atoms with van der Waals surface area (Å²) in [5, 5.41) is 45.1. The number of ether oxygens (including phenoxy) is 4. The van der Waals surface area contributed by atoms with Crippen molar-refractivity contribution in [3.05, 3.63) is 23.0 Å². The molecule has 12 heteroatoms. The Balaban J connectivity index is 1.50. The van der Waals surface area contributed by atoms with Crippen molar-refractivity contribution in [2.75, 3.05) is 19.8 Å². The maximum atomic E-state index is 12.9. The zero-order valence-corrected chi connectivity index (χ0v) is 23.6. The van der Waals surface area contributed by atoms with Crippen LogP contribution in [0.5, 0.6) is 11.5 Å². The molecule has 0 spiro atoms. The first-order valence-corrected chi connectivity index (χ1v) is 15.0. The van der Waals surface area contributed by atoms with Crippen LogP contribution >= 0.6 is 0 Å². The Hall–Kier alpha value is -2.90. The summed E-state index contributed by atoms with van der Waals surface area (Å²) in [5.41, 5.74) is 2.90. The van der Waals surface area contributed by atoms with Crippen LogP contribution in [-0.4, -0.2) is 88.9 Å². The van der Waals surface area contributed by atoms with Gasteiger partial charge in [-0.05, 0) is 57.4 Å². The molecule has 1 amide bonds. The summed E-state index contributed by atoms with van der Waals surface area (Å²) in [7, 11) is 0. The van der Waals surface area contributed by atoms with Gasteiger partial charge < -0.3 is 49.1 Å². The molecule has 2 saturated heterocycles. The van der Waals surface area contributed by atoms with Crippen molar-refractivity contribution in [3.8, 4) is 11.5 Å². The zero-order valence-electron chi connectivity index (χ0n) is 23.6. The van der Waals surface area contributed by atoms with Gasteiger partial charge in [0.15, 0.2) is 11.3 Å². The highest BCUT2D eigenvalue weighted by Gasteiger charge is 2.46. The van der Waals surface area contributed by atoms with Crippen LogP contribution in [0.3, 0.4) is 0 Å². The molecule has 7 atom stereocenters. The highest BCUT2D eigenvalue weighted by molar-refractivity contribution is 5.95. The molecule has 0 radical (unpaired) electrons. The van der Waals surface area contributed by atoms with Gasteiger partial charge in [0.25, 0.3) is 0 Å². The number of carbonyl (C=O) groups excluding carboxylic acids is 2. The van der Waals surface area contributed by atoms with Gasteiger partial charge in [-0.3, -0.25) is 9.59 Å². The van der Waals surface area contributed by atoms with Crippen LogP contribution in [0.2, 0.25) is 0 Å². The zero-order chi connectivity index (χ0) is 29.5. The van der Waals surface area contributed by atoms with Gasteiger partial charge in [-0.2, -0.15) is 0 Å². The lowest BCUT2D eigenvalue weighted by molar-refractivity contribution is -0.277. The second kappa shape index (κ2) is 12.0. The van der Waals surface area contributed by atoms with Gasteiger partial charge in [0.2, 0.25) is 17.9 Å². The summed E-state index contributed by atoms with van der Waals surface area (Å²) in [5.74, 6) is -0.363. The van der Waals surface area contributed by atoms with E-state index in [9.17, 15) is 30.0 Å². The number of aliphatic hydroxyl groups excluding tert-OH is 4. The van der Waals surface area contributed by atoms with E-state index in [1.54, 1.807) is 13.2 Å². The number of hydrogen-bond acceptors (Lipinski definition) is 11. The number of amides is 1. The van der Waals surface area contributed by atoms with Crippen molar-refractivity contribution in [1.82, 2.24) is 5.32 Å². The number of aliphatic hydroxyl groups is 4. The van der Waals surface area contributed by atoms with Gasteiger partial charge in [0.05, 0.1) is 31.5 Å². The first kappa shape index (κ1) is 29.2. The monoisotopic (exact) mass is 589 g/mol. The van der Waals surface area contributed by atoms with Gasteiger partial charge >= 0.3 is 5.97 Å². The van der Waals surface area contributed by atoms with Crippen molar-refractivity contribution in [3.63, 3.8) is 0 Å². The van der Waals surface area contributed by atoms with Gasteiger partial charge in [0, 0.05) is 35.4 Å². The Kier molecular flexibility index (Phi) is 8.34. The molecule has 5 N–H and O–H groups in total. The normalized spacial score (nSPS) is 31.6. The Bertz CT molecular complexity index is 1320.